The van der Waals surface area contributed by atoms with Crippen molar-refractivity contribution >= 4 is 28.9 Å². The highest BCUT2D eigenvalue weighted by molar-refractivity contribution is 7.09. The molecule has 0 spiro atoms. The van der Waals surface area contributed by atoms with E-state index in [-0.39, 0.29) is 0 Å². The minimum atomic E-state index is -0.948. The molecule has 0 saturated carbocycles. The molecule has 0 aliphatic rings. The third kappa shape index (κ3) is 3.84. The number of carbonyl (C=O) groups excluding carboxylic acids is 1. The zero-order valence-electron chi connectivity index (χ0n) is 11.9. The first-order valence-electron chi connectivity index (χ1n) is 6.62. The van der Waals surface area contributed by atoms with Gasteiger partial charge in [-0.05, 0) is 17.5 Å². The predicted octanol–water partition coefficient (Wildman–Crippen LogP) is 3.84. The summed E-state index contributed by atoms with van der Waals surface area (Å²) in [5.74, 6) is -0.570. The first-order chi connectivity index (χ1) is 10.7. The first-order valence-corrected chi connectivity index (χ1v) is 7.87. The molecule has 1 aromatic heterocycles. The van der Waals surface area contributed by atoms with Crippen LogP contribution in [0.5, 0.6) is 0 Å². The van der Waals surface area contributed by atoms with Gasteiger partial charge in [-0.15, -0.1) is 16.2 Å². The topological polar surface area (TPSA) is 59.0 Å². The lowest BCUT2D eigenvalue weighted by atomic mass is 10.1. The van der Waals surface area contributed by atoms with Crippen molar-refractivity contribution in [1.82, 2.24) is 5.01 Å². The van der Waals surface area contributed by atoms with Gasteiger partial charge in [0.15, 0.2) is 6.04 Å². The monoisotopic (exact) mass is 338 g/mol. The van der Waals surface area contributed by atoms with E-state index >= 15 is 0 Å². The van der Waals surface area contributed by atoms with Crippen LogP contribution in [0.15, 0.2) is 47.1 Å². The summed E-state index contributed by atoms with van der Waals surface area (Å²) in [6.45, 7) is 0.301. The van der Waals surface area contributed by atoms with Gasteiger partial charge >= 0.3 is 5.97 Å². The molecule has 0 unspecified atom stereocenters. The fourth-order valence-electron chi connectivity index (χ4n) is 2.11. The van der Waals surface area contributed by atoms with Crippen LogP contribution in [0.3, 0.4) is 0 Å². The first kappa shape index (κ1) is 16.5. The number of hydrogen-bond acceptors (Lipinski definition) is 5. The molecule has 1 atom stereocenters. The summed E-state index contributed by atoms with van der Waals surface area (Å²) in [5.41, 5.74) is 0.502. The van der Waals surface area contributed by atoms with Gasteiger partial charge in [-0.25, -0.2) is 9.80 Å². The van der Waals surface area contributed by atoms with Crippen molar-refractivity contribution < 1.29 is 9.53 Å². The van der Waals surface area contributed by atoms with E-state index in [1.165, 1.54) is 12.1 Å². The summed E-state index contributed by atoms with van der Waals surface area (Å²) >= 11 is 7.73. The van der Waals surface area contributed by atoms with Crippen molar-refractivity contribution in [1.29, 1.82) is 0 Å². The molecular weight excluding hydrogens is 324 g/mol. The molecule has 0 N–H and O–H groups in total. The van der Waals surface area contributed by atoms with Crippen molar-refractivity contribution in [3.63, 3.8) is 0 Å². The third-order valence-electron chi connectivity index (χ3n) is 3.19. The Bertz CT molecular complexity index is 633. The number of halogens is 1. The number of nitrogens with zero attached hydrogens (tertiary/aromatic N) is 2. The van der Waals surface area contributed by atoms with Crippen molar-refractivity contribution in [3.8, 4) is 0 Å². The number of ether oxygens (including phenoxy) is 1. The fourth-order valence-corrected chi connectivity index (χ4v) is 3.05. The Morgan fingerprint density at radius 2 is 2.14 bits per heavy atom. The van der Waals surface area contributed by atoms with E-state index in [2.05, 4.69) is 5.29 Å². The number of esters is 1. The molecular formula is C15H15ClN2O3S. The lowest BCUT2D eigenvalue weighted by Gasteiger charge is -2.25. The second-order valence-corrected chi connectivity index (χ2v) is 5.96. The van der Waals surface area contributed by atoms with Gasteiger partial charge < -0.3 is 4.74 Å². The summed E-state index contributed by atoms with van der Waals surface area (Å²) in [5, 5.41) is 6.53. The van der Waals surface area contributed by atoms with Crippen LogP contribution >= 0.6 is 22.9 Å². The maximum absolute atomic E-state index is 12.1. The molecule has 0 aliphatic carbocycles. The maximum Gasteiger partial charge on any atom is 0.335 e. The summed E-state index contributed by atoms with van der Waals surface area (Å²) in [4.78, 5) is 24.5. The summed E-state index contributed by atoms with van der Waals surface area (Å²) in [7, 11) is 1.27. The smallest absolute Gasteiger partial charge is 0.335 e. The van der Waals surface area contributed by atoms with Gasteiger partial charge in [-0.1, -0.05) is 35.9 Å². The molecule has 5 nitrogen and oxygen atoms in total. The Balaban J connectivity index is 2.24. The average molecular weight is 339 g/mol. The van der Waals surface area contributed by atoms with Gasteiger partial charge in [-0.3, -0.25) is 0 Å². The quantitative estimate of drug-likeness (QED) is 0.437. The van der Waals surface area contributed by atoms with Gasteiger partial charge in [0.1, 0.15) is 0 Å². The van der Waals surface area contributed by atoms with E-state index in [0.29, 0.717) is 23.6 Å². The van der Waals surface area contributed by atoms with Crippen LogP contribution in [0, 0.1) is 4.91 Å². The van der Waals surface area contributed by atoms with Crippen LogP contribution in [0.25, 0.3) is 0 Å². The van der Waals surface area contributed by atoms with Crippen molar-refractivity contribution in [2.24, 2.45) is 5.29 Å². The zero-order chi connectivity index (χ0) is 15.9. The standard InChI is InChI=1S/C15H15ClN2O3S/c1-21-15(19)14(12-6-2-3-7-13(12)16)18(17-20)9-8-11-5-4-10-22-11/h2-7,10,14H,8-9H2,1H3/t14-/m0/s1. The lowest BCUT2D eigenvalue weighted by molar-refractivity contribution is -0.147. The third-order valence-corrected chi connectivity index (χ3v) is 4.47. The number of benzene rings is 1. The van der Waals surface area contributed by atoms with E-state index in [0.717, 1.165) is 4.88 Å². The number of nitroso groups, excluding NO2 is 1. The number of thiophene rings is 1. The molecule has 2 aromatic rings. The Labute approximate surface area is 137 Å². The van der Waals surface area contributed by atoms with Crippen LogP contribution in [-0.2, 0) is 16.0 Å². The number of methoxy groups -OCH3 is 1. The highest BCUT2D eigenvalue weighted by Crippen LogP contribution is 2.29. The molecule has 116 valence electrons. The molecule has 0 aliphatic heterocycles. The van der Waals surface area contributed by atoms with E-state index in [9.17, 15) is 9.70 Å². The summed E-state index contributed by atoms with van der Waals surface area (Å²) < 4.78 is 4.81. The van der Waals surface area contributed by atoms with Gasteiger partial charge in [-0.2, -0.15) is 0 Å². The Morgan fingerprint density at radius 3 is 2.73 bits per heavy atom. The normalized spacial score (nSPS) is 11.7. The van der Waals surface area contributed by atoms with Crippen LogP contribution in [0.4, 0.5) is 0 Å². The molecule has 1 heterocycles. The highest BCUT2D eigenvalue weighted by Gasteiger charge is 2.30. The Kier molecular flexibility index (Phi) is 5.91. The number of hydrogen-bond donors (Lipinski definition) is 0. The Morgan fingerprint density at radius 1 is 1.36 bits per heavy atom. The van der Waals surface area contributed by atoms with Crippen molar-refractivity contribution in [2.45, 2.75) is 12.5 Å². The molecule has 0 bridgehead atoms. The molecule has 0 fully saturated rings. The molecule has 0 radical (unpaired) electrons. The molecule has 22 heavy (non-hydrogen) atoms. The molecule has 2 rings (SSSR count). The van der Waals surface area contributed by atoms with Gasteiger partial charge in [0.2, 0.25) is 0 Å². The second kappa shape index (κ2) is 7.91. The largest absolute Gasteiger partial charge is 0.467 e. The van der Waals surface area contributed by atoms with Crippen LogP contribution in [0.2, 0.25) is 5.02 Å². The van der Waals surface area contributed by atoms with E-state index in [4.69, 9.17) is 16.3 Å². The van der Waals surface area contributed by atoms with Crippen molar-refractivity contribution in [2.75, 3.05) is 13.7 Å². The van der Waals surface area contributed by atoms with E-state index in [1.807, 2.05) is 17.5 Å². The van der Waals surface area contributed by atoms with Crippen LogP contribution in [-0.4, -0.2) is 24.6 Å². The fraction of sp³-hybridized carbons (Fsp3) is 0.267. The number of rotatable bonds is 7. The van der Waals surface area contributed by atoms with Gasteiger partial charge in [0, 0.05) is 28.4 Å². The van der Waals surface area contributed by atoms with Crippen LogP contribution < -0.4 is 0 Å². The highest BCUT2D eigenvalue weighted by atomic mass is 35.5. The molecule has 0 saturated heterocycles. The molecule has 7 heteroatoms. The zero-order valence-corrected chi connectivity index (χ0v) is 13.5. The minimum absolute atomic E-state index is 0.301. The van der Waals surface area contributed by atoms with E-state index < -0.39 is 12.0 Å². The van der Waals surface area contributed by atoms with Crippen LogP contribution in [0.1, 0.15) is 16.5 Å². The van der Waals surface area contributed by atoms with E-state index in [1.54, 1.807) is 35.6 Å². The van der Waals surface area contributed by atoms with Gasteiger partial charge in [0.25, 0.3) is 0 Å². The molecule has 1 aromatic carbocycles. The average Bonchev–Trinajstić information content (AvgIpc) is 3.05. The SMILES string of the molecule is COC(=O)[C@H](c1ccccc1Cl)N(CCc1cccs1)N=O. The summed E-state index contributed by atoms with van der Waals surface area (Å²) in [6, 6.07) is 9.81. The maximum atomic E-state index is 12.1. The lowest BCUT2D eigenvalue weighted by Crippen LogP contribution is -2.32. The second-order valence-electron chi connectivity index (χ2n) is 4.52. The predicted molar refractivity (Wildman–Crippen MR) is 86.7 cm³/mol. The van der Waals surface area contributed by atoms with Gasteiger partial charge in [0.05, 0.1) is 12.4 Å². The Hall–Kier alpha value is -1.92. The minimum Gasteiger partial charge on any atom is -0.467 e. The summed E-state index contributed by atoms with van der Waals surface area (Å²) in [6.07, 6.45) is 0.612. The van der Waals surface area contributed by atoms with Crippen molar-refractivity contribution in [3.05, 3.63) is 62.1 Å². The molecule has 0 amide bonds. The number of carbonyl (C=O) groups is 1.